The normalized spacial score (nSPS) is 14.3. The van der Waals surface area contributed by atoms with Crippen LogP contribution in [0.4, 0.5) is 0 Å². The van der Waals surface area contributed by atoms with Gasteiger partial charge in [-0.15, -0.1) is 0 Å². The highest BCUT2D eigenvalue weighted by Gasteiger charge is 2.17. The van der Waals surface area contributed by atoms with Gasteiger partial charge in [0.25, 0.3) is 0 Å². The first-order valence-corrected chi connectivity index (χ1v) is 7.39. The van der Waals surface area contributed by atoms with E-state index in [0.717, 1.165) is 28.1 Å². The van der Waals surface area contributed by atoms with Crippen molar-refractivity contribution in [1.29, 1.82) is 0 Å². The summed E-state index contributed by atoms with van der Waals surface area (Å²) in [6.45, 7) is 3.22. The van der Waals surface area contributed by atoms with Gasteiger partial charge in [0.05, 0.1) is 0 Å². The average molecular weight is 334 g/mol. The summed E-state index contributed by atoms with van der Waals surface area (Å²) in [5.74, 6) is 1.70. The Bertz CT molecular complexity index is 615. The lowest BCUT2D eigenvalue weighted by Gasteiger charge is -2.15. The molecule has 1 heterocycles. The number of hydrogen-bond donors (Lipinski definition) is 1. The molecular formula is C16H16BrNO2. The summed E-state index contributed by atoms with van der Waals surface area (Å²) < 4.78 is 12.0. The summed E-state index contributed by atoms with van der Waals surface area (Å²) in [5.41, 5.74) is 2.38. The number of hydrogen-bond acceptors (Lipinski definition) is 3. The molecular weight excluding hydrogens is 318 g/mol. The minimum Gasteiger partial charge on any atom is -0.454 e. The molecule has 0 spiro atoms. The second-order valence-electron chi connectivity index (χ2n) is 4.81. The minimum absolute atomic E-state index is 0.269. The molecule has 0 aromatic heterocycles. The molecule has 0 fully saturated rings. The van der Waals surface area contributed by atoms with E-state index in [4.69, 9.17) is 9.47 Å². The van der Waals surface area contributed by atoms with Crippen molar-refractivity contribution in [3.05, 3.63) is 58.1 Å². The number of para-hydroxylation sites is 1. The molecule has 4 heteroatoms. The molecule has 3 rings (SSSR count). The molecule has 2 aromatic rings. The van der Waals surface area contributed by atoms with Crippen molar-refractivity contribution in [1.82, 2.24) is 5.32 Å². The van der Waals surface area contributed by atoms with E-state index < -0.39 is 0 Å². The highest BCUT2D eigenvalue weighted by Crippen LogP contribution is 2.35. The molecule has 0 amide bonds. The Morgan fingerprint density at radius 1 is 1.20 bits per heavy atom. The van der Waals surface area contributed by atoms with Crippen LogP contribution in [0.5, 0.6) is 11.5 Å². The Labute approximate surface area is 127 Å². The van der Waals surface area contributed by atoms with Gasteiger partial charge in [-0.25, -0.2) is 0 Å². The fourth-order valence-corrected chi connectivity index (χ4v) is 2.70. The van der Waals surface area contributed by atoms with Crippen LogP contribution in [-0.2, 0) is 6.54 Å². The van der Waals surface area contributed by atoms with E-state index in [1.165, 1.54) is 5.56 Å². The molecule has 1 aliphatic rings. The Balaban J connectivity index is 1.69. The van der Waals surface area contributed by atoms with Crippen LogP contribution in [0.2, 0.25) is 0 Å². The van der Waals surface area contributed by atoms with Gasteiger partial charge in [-0.05, 0) is 30.7 Å². The summed E-state index contributed by atoms with van der Waals surface area (Å²) in [6.07, 6.45) is 0. The maximum atomic E-state index is 5.52. The van der Waals surface area contributed by atoms with Crippen molar-refractivity contribution < 1.29 is 9.47 Å². The number of halogens is 1. The van der Waals surface area contributed by atoms with Crippen LogP contribution >= 0.6 is 15.9 Å². The summed E-state index contributed by atoms with van der Waals surface area (Å²) in [4.78, 5) is 0. The average Bonchev–Trinajstić information content (AvgIpc) is 2.93. The van der Waals surface area contributed by atoms with Gasteiger partial charge < -0.3 is 14.8 Å². The molecule has 0 radical (unpaired) electrons. The predicted octanol–water partition coefficient (Wildman–Crippen LogP) is 4.03. The fraction of sp³-hybridized carbons (Fsp3) is 0.250. The van der Waals surface area contributed by atoms with Gasteiger partial charge >= 0.3 is 0 Å². The molecule has 1 unspecified atom stereocenters. The van der Waals surface area contributed by atoms with Crippen LogP contribution in [0.15, 0.2) is 46.9 Å². The second-order valence-corrected chi connectivity index (χ2v) is 5.72. The van der Waals surface area contributed by atoms with Crippen molar-refractivity contribution >= 4 is 15.9 Å². The van der Waals surface area contributed by atoms with Crippen LogP contribution in [-0.4, -0.2) is 6.79 Å². The van der Waals surface area contributed by atoms with Gasteiger partial charge in [-0.3, -0.25) is 0 Å². The van der Waals surface area contributed by atoms with E-state index >= 15 is 0 Å². The third kappa shape index (κ3) is 2.81. The maximum absolute atomic E-state index is 5.52. The number of benzene rings is 2. The topological polar surface area (TPSA) is 30.5 Å². The van der Waals surface area contributed by atoms with Gasteiger partial charge in [0.15, 0.2) is 11.5 Å². The molecule has 0 saturated heterocycles. The lowest BCUT2D eigenvalue weighted by atomic mass is 10.1. The Morgan fingerprint density at radius 3 is 2.90 bits per heavy atom. The van der Waals surface area contributed by atoms with Crippen LogP contribution in [0.3, 0.4) is 0 Å². The van der Waals surface area contributed by atoms with Gasteiger partial charge in [-0.1, -0.05) is 40.2 Å². The molecule has 3 nitrogen and oxygen atoms in total. The van der Waals surface area contributed by atoms with Crippen LogP contribution in [0.25, 0.3) is 0 Å². The molecule has 0 bridgehead atoms. The van der Waals surface area contributed by atoms with E-state index in [1.807, 2.05) is 18.2 Å². The Hall–Kier alpha value is -1.52. The zero-order valence-electron chi connectivity index (χ0n) is 11.2. The first-order valence-electron chi connectivity index (χ1n) is 6.60. The van der Waals surface area contributed by atoms with Crippen molar-refractivity contribution in [2.45, 2.75) is 19.5 Å². The zero-order valence-corrected chi connectivity index (χ0v) is 12.8. The molecule has 1 N–H and O–H groups in total. The molecule has 0 aliphatic carbocycles. The van der Waals surface area contributed by atoms with Gasteiger partial charge in [0, 0.05) is 22.6 Å². The molecule has 2 aromatic carbocycles. The SMILES string of the molecule is CC(NCc1cccc2c1OCO2)c1cccc(Br)c1. The zero-order chi connectivity index (χ0) is 13.9. The van der Waals surface area contributed by atoms with E-state index in [0.29, 0.717) is 6.79 Å². The quantitative estimate of drug-likeness (QED) is 0.916. The van der Waals surface area contributed by atoms with E-state index in [1.54, 1.807) is 0 Å². The largest absolute Gasteiger partial charge is 0.454 e. The van der Waals surface area contributed by atoms with Crippen LogP contribution in [0.1, 0.15) is 24.1 Å². The van der Waals surface area contributed by atoms with Crippen LogP contribution < -0.4 is 14.8 Å². The Kier molecular flexibility index (Phi) is 3.94. The Morgan fingerprint density at radius 2 is 2.05 bits per heavy atom. The standard InChI is InChI=1S/C16H16BrNO2/c1-11(12-4-2-6-14(17)8-12)18-9-13-5-3-7-15-16(13)20-10-19-15/h2-8,11,18H,9-10H2,1H3. The first-order chi connectivity index (χ1) is 9.74. The predicted molar refractivity (Wildman–Crippen MR) is 82.0 cm³/mol. The minimum atomic E-state index is 0.269. The second kappa shape index (κ2) is 5.85. The first kappa shape index (κ1) is 13.5. The third-order valence-electron chi connectivity index (χ3n) is 3.43. The molecule has 104 valence electrons. The highest BCUT2D eigenvalue weighted by molar-refractivity contribution is 9.10. The number of rotatable bonds is 4. The maximum Gasteiger partial charge on any atom is 0.231 e. The summed E-state index contributed by atoms with van der Waals surface area (Å²) in [7, 11) is 0. The number of fused-ring (bicyclic) bond motifs is 1. The number of ether oxygens (including phenoxy) is 2. The van der Waals surface area contributed by atoms with Gasteiger partial charge in [0.1, 0.15) is 0 Å². The number of nitrogens with one attached hydrogen (secondary N) is 1. The monoisotopic (exact) mass is 333 g/mol. The van der Waals surface area contributed by atoms with Crippen molar-refractivity contribution in [3.63, 3.8) is 0 Å². The molecule has 1 atom stereocenters. The van der Waals surface area contributed by atoms with Crippen molar-refractivity contribution in [2.24, 2.45) is 0 Å². The molecule has 0 saturated carbocycles. The van der Waals surface area contributed by atoms with E-state index in [2.05, 4.69) is 52.4 Å². The van der Waals surface area contributed by atoms with E-state index in [-0.39, 0.29) is 6.04 Å². The smallest absolute Gasteiger partial charge is 0.231 e. The summed E-state index contributed by atoms with van der Waals surface area (Å²) in [6, 6.07) is 14.6. The summed E-state index contributed by atoms with van der Waals surface area (Å²) >= 11 is 3.50. The summed E-state index contributed by atoms with van der Waals surface area (Å²) in [5, 5.41) is 3.52. The highest BCUT2D eigenvalue weighted by atomic mass is 79.9. The van der Waals surface area contributed by atoms with E-state index in [9.17, 15) is 0 Å². The lowest BCUT2D eigenvalue weighted by molar-refractivity contribution is 0.173. The van der Waals surface area contributed by atoms with Crippen LogP contribution in [0, 0.1) is 0 Å². The lowest BCUT2D eigenvalue weighted by Crippen LogP contribution is -2.18. The van der Waals surface area contributed by atoms with Gasteiger partial charge in [-0.2, -0.15) is 0 Å². The van der Waals surface area contributed by atoms with Crippen molar-refractivity contribution in [2.75, 3.05) is 6.79 Å². The fourth-order valence-electron chi connectivity index (χ4n) is 2.29. The third-order valence-corrected chi connectivity index (χ3v) is 3.92. The molecule has 1 aliphatic heterocycles. The van der Waals surface area contributed by atoms with Crippen molar-refractivity contribution in [3.8, 4) is 11.5 Å². The van der Waals surface area contributed by atoms with Gasteiger partial charge in [0.2, 0.25) is 6.79 Å². The molecule has 20 heavy (non-hydrogen) atoms.